The van der Waals surface area contributed by atoms with Crippen molar-refractivity contribution in [2.24, 2.45) is 0 Å². The summed E-state index contributed by atoms with van der Waals surface area (Å²) in [4.78, 5) is 33.4. The summed E-state index contributed by atoms with van der Waals surface area (Å²) in [5, 5.41) is 15.6. The average Bonchev–Trinajstić information content (AvgIpc) is 3.06. The molecule has 0 bridgehead atoms. The van der Waals surface area contributed by atoms with E-state index in [4.69, 9.17) is 16.0 Å². The summed E-state index contributed by atoms with van der Waals surface area (Å²) < 4.78 is 5.53. The number of aromatic carboxylic acids is 1. The summed E-state index contributed by atoms with van der Waals surface area (Å²) in [6.07, 6.45) is 1.35. The van der Waals surface area contributed by atoms with Gasteiger partial charge in [-0.05, 0) is 29.8 Å². The van der Waals surface area contributed by atoms with Gasteiger partial charge in [0.25, 0.3) is 5.91 Å². The van der Waals surface area contributed by atoms with Crippen LogP contribution in [0.3, 0.4) is 0 Å². The maximum absolute atomic E-state index is 11.4. The normalized spacial score (nSPS) is 15.6. The van der Waals surface area contributed by atoms with Gasteiger partial charge in [-0.25, -0.2) is 4.79 Å². The van der Waals surface area contributed by atoms with Crippen molar-refractivity contribution < 1.29 is 23.9 Å². The van der Waals surface area contributed by atoms with Gasteiger partial charge in [0.2, 0.25) is 0 Å². The van der Waals surface area contributed by atoms with Crippen LogP contribution in [-0.2, 0) is 4.79 Å². The van der Waals surface area contributed by atoms with Crippen molar-refractivity contribution in [2.45, 2.75) is 0 Å². The number of benzene rings is 1. The van der Waals surface area contributed by atoms with Crippen molar-refractivity contribution in [3.05, 3.63) is 52.4 Å². The van der Waals surface area contributed by atoms with E-state index < -0.39 is 17.9 Å². The van der Waals surface area contributed by atoms with Gasteiger partial charge < -0.3 is 19.6 Å². The number of halogens is 1. The second-order valence-electron chi connectivity index (χ2n) is 4.65. The predicted octanol–water partition coefficient (Wildman–Crippen LogP) is 1.14. The molecule has 1 fully saturated rings. The number of imide groups is 1. The number of urea groups is 1. The highest BCUT2D eigenvalue weighted by Crippen LogP contribution is 2.31. The van der Waals surface area contributed by atoms with Crippen LogP contribution in [0.15, 0.2) is 40.4 Å². The summed E-state index contributed by atoms with van der Waals surface area (Å²) in [6, 6.07) is 6.59. The molecular formula is C15H8ClN2O5-. The van der Waals surface area contributed by atoms with Gasteiger partial charge in [-0.3, -0.25) is 10.1 Å². The zero-order valence-corrected chi connectivity index (χ0v) is 12.1. The van der Waals surface area contributed by atoms with E-state index in [0.29, 0.717) is 22.1 Å². The van der Waals surface area contributed by atoms with Crippen LogP contribution in [-0.4, -0.2) is 17.9 Å². The number of carboxylic acids is 1. The van der Waals surface area contributed by atoms with E-state index in [9.17, 15) is 19.5 Å². The fourth-order valence-corrected chi connectivity index (χ4v) is 2.25. The van der Waals surface area contributed by atoms with Gasteiger partial charge in [0.1, 0.15) is 17.2 Å². The van der Waals surface area contributed by atoms with Crippen molar-refractivity contribution in [2.75, 3.05) is 0 Å². The molecule has 2 aromatic rings. The minimum Gasteiger partial charge on any atom is -0.545 e. The van der Waals surface area contributed by atoms with E-state index in [2.05, 4.69) is 10.6 Å². The van der Waals surface area contributed by atoms with Crippen LogP contribution in [0.1, 0.15) is 16.1 Å². The second-order valence-corrected chi connectivity index (χ2v) is 5.06. The molecule has 0 spiro atoms. The lowest BCUT2D eigenvalue weighted by molar-refractivity contribution is -0.255. The monoisotopic (exact) mass is 331 g/mol. The van der Waals surface area contributed by atoms with Crippen molar-refractivity contribution >= 4 is 35.6 Å². The first-order valence-electron chi connectivity index (χ1n) is 6.39. The van der Waals surface area contributed by atoms with Gasteiger partial charge in [0, 0.05) is 11.6 Å². The Kier molecular flexibility index (Phi) is 3.63. The van der Waals surface area contributed by atoms with Crippen LogP contribution in [0.4, 0.5) is 4.79 Å². The number of carbonyl (C=O) groups excluding carboxylic acids is 3. The molecule has 1 aromatic heterocycles. The van der Waals surface area contributed by atoms with Crippen molar-refractivity contribution in [3.8, 4) is 11.3 Å². The Hall–Kier alpha value is -3.06. The lowest BCUT2D eigenvalue weighted by Crippen LogP contribution is -2.22. The average molecular weight is 332 g/mol. The smallest absolute Gasteiger partial charge is 0.326 e. The number of amides is 3. The van der Waals surface area contributed by atoms with E-state index >= 15 is 0 Å². The zero-order valence-electron chi connectivity index (χ0n) is 11.4. The van der Waals surface area contributed by atoms with E-state index in [1.165, 1.54) is 24.3 Å². The fraction of sp³-hybridized carbons (Fsp3) is 0. The molecule has 1 aromatic carbocycles. The quantitative estimate of drug-likeness (QED) is 0.647. The van der Waals surface area contributed by atoms with Crippen LogP contribution in [0.2, 0.25) is 5.02 Å². The Morgan fingerprint density at radius 3 is 2.61 bits per heavy atom. The maximum Gasteiger partial charge on any atom is 0.326 e. The minimum absolute atomic E-state index is 0.0388. The van der Waals surface area contributed by atoms with Crippen molar-refractivity contribution in [1.29, 1.82) is 0 Å². The first-order chi connectivity index (χ1) is 10.9. The summed E-state index contributed by atoms with van der Waals surface area (Å²) in [5.74, 6) is -1.29. The van der Waals surface area contributed by atoms with Crippen molar-refractivity contribution in [1.82, 2.24) is 10.6 Å². The Morgan fingerprint density at radius 2 is 1.96 bits per heavy atom. The third-order valence-corrected chi connectivity index (χ3v) is 3.43. The van der Waals surface area contributed by atoms with E-state index in [1.807, 2.05) is 0 Å². The molecule has 8 heteroatoms. The van der Waals surface area contributed by atoms with E-state index in [0.717, 1.165) is 0 Å². The number of carboxylic acid groups (broad SMARTS) is 1. The molecule has 2 heterocycles. The number of nitrogens with one attached hydrogen (secondary N) is 2. The van der Waals surface area contributed by atoms with Crippen molar-refractivity contribution in [3.63, 3.8) is 0 Å². The summed E-state index contributed by atoms with van der Waals surface area (Å²) in [7, 11) is 0. The number of carbonyl (C=O) groups is 3. The first-order valence-corrected chi connectivity index (χ1v) is 6.77. The molecule has 3 amide bonds. The number of furan rings is 1. The molecule has 0 atom stereocenters. The molecular weight excluding hydrogens is 324 g/mol. The molecule has 7 nitrogen and oxygen atoms in total. The maximum atomic E-state index is 11.4. The van der Waals surface area contributed by atoms with Gasteiger partial charge in [0.15, 0.2) is 0 Å². The predicted molar refractivity (Wildman–Crippen MR) is 78.1 cm³/mol. The lowest BCUT2D eigenvalue weighted by atomic mass is 10.1. The molecule has 0 unspecified atom stereocenters. The largest absolute Gasteiger partial charge is 0.545 e. The van der Waals surface area contributed by atoms with Crippen LogP contribution in [0.25, 0.3) is 17.4 Å². The summed E-state index contributed by atoms with van der Waals surface area (Å²) in [6.45, 7) is 0. The number of hydrogen-bond acceptors (Lipinski definition) is 5. The molecule has 1 aliphatic heterocycles. The SMILES string of the molecule is O=C1NC(=O)/C(=C\c2ccc(-c3cc(C(=O)[O-])ccc3Cl)o2)N1. The number of hydrogen-bond donors (Lipinski definition) is 2. The standard InChI is InChI=1S/C15H9ClN2O5/c16-10-3-1-7(14(20)21)5-9(10)12-4-2-8(23-12)6-11-13(19)18-15(22)17-11/h1-6H,(H,20,21)(H2,17,18,19,22)/p-1/b11-6+. The molecule has 0 saturated carbocycles. The molecule has 116 valence electrons. The second kappa shape index (κ2) is 5.62. The zero-order chi connectivity index (χ0) is 16.6. The molecule has 0 radical (unpaired) electrons. The van der Waals surface area contributed by atoms with Gasteiger partial charge in [-0.2, -0.15) is 0 Å². The summed E-state index contributed by atoms with van der Waals surface area (Å²) in [5.41, 5.74) is 0.381. The van der Waals surface area contributed by atoms with Crippen LogP contribution >= 0.6 is 11.6 Å². The van der Waals surface area contributed by atoms with E-state index in [-0.39, 0.29) is 11.3 Å². The molecule has 1 saturated heterocycles. The Balaban J connectivity index is 1.95. The van der Waals surface area contributed by atoms with Gasteiger partial charge in [-0.15, -0.1) is 0 Å². The van der Waals surface area contributed by atoms with Gasteiger partial charge in [0.05, 0.1) is 11.0 Å². The summed E-state index contributed by atoms with van der Waals surface area (Å²) >= 11 is 6.05. The Labute approximate surface area is 134 Å². The van der Waals surface area contributed by atoms with Gasteiger partial charge >= 0.3 is 6.03 Å². The lowest BCUT2D eigenvalue weighted by Gasteiger charge is -2.06. The molecule has 2 N–H and O–H groups in total. The first kappa shape index (κ1) is 14.9. The third-order valence-electron chi connectivity index (χ3n) is 3.10. The minimum atomic E-state index is -1.33. The number of rotatable bonds is 3. The van der Waals surface area contributed by atoms with Crippen LogP contribution in [0, 0.1) is 0 Å². The molecule has 23 heavy (non-hydrogen) atoms. The Bertz CT molecular complexity index is 869. The van der Waals surface area contributed by atoms with Crippen LogP contribution in [0.5, 0.6) is 0 Å². The molecule has 1 aliphatic rings. The molecule has 3 rings (SSSR count). The van der Waals surface area contributed by atoms with Crippen LogP contribution < -0.4 is 15.7 Å². The van der Waals surface area contributed by atoms with Gasteiger partial charge in [-0.1, -0.05) is 17.7 Å². The molecule has 0 aliphatic carbocycles. The fourth-order valence-electron chi connectivity index (χ4n) is 2.04. The third kappa shape index (κ3) is 2.95. The highest BCUT2D eigenvalue weighted by molar-refractivity contribution is 6.33. The highest BCUT2D eigenvalue weighted by Gasteiger charge is 2.23. The highest BCUT2D eigenvalue weighted by atomic mass is 35.5. The topological polar surface area (TPSA) is 111 Å². The van der Waals surface area contributed by atoms with E-state index in [1.54, 1.807) is 12.1 Å². The Morgan fingerprint density at radius 1 is 1.17 bits per heavy atom.